The van der Waals surface area contributed by atoms with Crippen molar-refractivity contribution in [1.82, 2.24) is 0 Å². The van der Waals surface area contributed by atoms with Gasteiger partial charge < -0.3 is 9.11 Å². The van der Waals surface area contributed by atoms with E-state index in [1.807, 2.05) is 0 Å². The molecule has 7 heteroatoms. The maximum Gasteiger partial charge on any atom is 3.00 e. The zero-order valence-electron chi connectivity index (χ0n) is 3.33. The van der Waals surface area contributed by atoms with Gasteiger partial charge in [0.1, 0.15) is 0 Å². The molecule has 0 N–H and O–H groups in total. The number of hydrogen-bond donors (Lipinski definition) is 0. The van der Waals surface area contributed by atoms with Gasteiger partial charge in [-0.05, 0) is 0 Å². The van der Waals surface area contributed by atoms with Crippen molar-refractivity contribution in [1.29, 1.82) is 0 Å². The minimum atomic E-state index is -5.17. The third kappa shape index (κ3) is 73.0. The number of rotatable bonds is 0. The molecule has 0 amide bonds. The first-order valence-electron chi connectivity index (χ1n) is 0.667. The molecule has 4 nitrogen and oxygen atoms in total. The van der Waals surface area contributed by atoms with Gasteiger partial charge in [0.2, 0.25) is 0 Å². The molecular weight excluding hydrogens is 260 g/mol. The first kappa shape index (κ1) is 16.0. The van der Waals surface area contributed by atoms with E-state index in [0.717, 1.165) is 0 Å². The standard InChI is InChI=1S/Al.Ba.H2O4S/c;;1-5(2,3)4/h;;(H2,1,2,3,4)/q+3;+2;/p-2. The second-order valence-electron chi connectivity index (χ2n) is 0.408. The molecule has 0 saturated carbocycles. The SMILES string of the molecule is O=S(=O)([O-])[O-].[Al+3].[Ba+2]. The predicted molar refractivity (Wildman–Crippen MR) is 22.0 cm³/mol. The van der Waals surface area contributed by atoms with Crippen LogP contribution < -0.4 is 0 Å². The topological polar surface area (TPSA) is 80.3 Å². The Kier molecular flexibility index (Phi) is 13.9. The van der Waals surface area contributed by atoms with Crippen LogP contribution in [0.25, 0.3) is 0 Å². The van der Waals surface area contributed by atoms with Gasteiger partial charge in [-0.25, -0.2) is 0 Å². The Morgan fingerprint density at radius 2 is 1.14 bits per heavy atom. The number of hydrogen-bond acceptors (Lipinski definition) is 4. The van der Waals surface area contributed by atoms with Gasteiger partial charge in [-0.15, -0.1) is 0 Å². The van der Waals surface area contributed by atoms with Gasteiger partial charge in [0.25, 0.3) is 0 Å². The fraction of sp³-hybridized carbons (Fsp3) is 0. The van der Waals surface area contributed by atoms with Gasteiger partial charge in [0, 0.05) is 10.4 Å². The maximum absolute atomic E-state index is 8.52. The fourth-order valence-corrected chi connectivity index (χ4v) is 0. The van der Waals surface area contributed by atoms with Crippen molar-refractivity contribution >= 4 is 76.6 Å². The summed E-state index contributed by atoms with van der Waals surface area (Å²) in [6, 6.07) is 0. The summed E-state index contributed by atoms with van der Waals surface area (Å²) in [6.07, 6.45) is 0. The Bertz CT molecular complexity index is 94.9. The molecule has 0 spiro atoms. The van der Waals surface area contributed by atoms with Crippen LogP contribution in [-0.4, -0.2) is 83.8 Å². The van der Waals surface area contributed by atoms with E-state index in [1.165, 1.54) is 0 Å². The quantitative estimate of drug-likeness (QED) is 0.284. The van der Waals surface area contributed by atoms with Crippen LogP contribution in [0.3, 0.4) is 0 Å². The summed E-state index contributed by atoms with van der Waals surface area (Å²) in [5.41, 5.74) is 0. The molecule has 0 fully saturated rings. The van der Waals surface area contributed by atoms with Gasteiger partial charge in [-0.1, -0.05) is 0 Å². The molecule has 0 aromatic heterocycles. The molecule has 0 aromatic rings. The molecule has 0 rings (SSSR count). The van der Waals surface area contributed by atoms with E-state index in [4.69, 9.17) is 17.5 Å². The monoisotopic (exact) mass is 261 g/mol. The zero-order valence-corrected chi connectivity index (χ0v) is 9.74. The summed E-state index contributed by atoms with van der Waals surface area (Å²) in [4.78, 5) is 0. The first-order valence-corrected chi connectivity index (χ1v) is 2.00. The average Bonchev–Trinajstić information content (AvgIpc) is 0.722. The Labute approximate surface area is 92.5 Å². The van der Waals surface area contributed by atoms with Crippen LogP contribution in [0, 0.1) is 0 Å². The van der Waals surface area contributed by atoms with E-state index in [-0.39, 0.29) is 66.2 Å². The molecule has 0 aliphatic heterocycles. The normalized spacial score (nSPS) is 8.29. The second kappa shape index (κ2) is 6.10. The molecular formula is AlBaO4S+3. The van der Waals surface area contributed by atoms with Crippen LogP contribution >= 0.6 is 0 Å². The Hall–Kier alpha value is 1.97. The van der Waals surface area contributed by atoms with Gasteiger partial charge in [0.15, 0.2) is 0 Å². The largest absolute Gasteiger partial charge is 3.00 e. The van der Waals surface area contributed by atoms with E-state index < -0.39 is 10.4 Å². The molecule has 0 aromatic carbocycles. The van der Waals surface area contributed by atoms with Gasteiger partial charge in [-0.3, -0.25) is 8.42 Å². The minimum absolute atomic E-state index is 0. The van der Waals surface area contributed by atoms with Gasteiger partial charge >= 0.3 is 66.2 Å². The van der Waals surface area contributed by atoms with Gasteiger partial charge in [-0.2, -0.15) is 0 Å². The van der Waals surface area contributed by atoms with E-state index in [2.05, 4.69) is 0 Å². The van der Waals surface area contributed by atoms with Crippen molar-refractivity contribution in [2.45, 2.75) is 0 Å². The Morgan fingerprint density at radius 3 is 1.14 bits per heavy atom. The summed E-state index contributed by atoms with van der Waals surface area (Å²) in [5.74, 6) is 0. The van der Waals surface area contributed by atoms with Crippen LogP contribution in [0.1, 0.15) is 0 Å². The van der Waals surface area contributed by atoms with Crippen molar-refractivity contribution in [3.8, 4) is 0 Å². The van der Waals surface area contributed by atoms with Crippen molar-refractivity contribution in [3.63, 3.8) is 0 Å². The van der Waals surface area contributed by atoms with Crippen molar-refractivity contribution < 1.29 is 17.5 Å². The summed E-state index contributed by atoms with van der Waals surface area (Å²) >= 11 is 0. The van der Waals surface area contributed by atoms with Crippen molar-refractivity contribution in [2.75, 3.05) is 0 Å². The van der Waals surface area contributed by atoms with Crippen LogP contribution in [0.5, 0.6) is 0 Å². The van der Waals surface area contributed by atoms with Crippen molar-refractivity contribution in [3.05, 3.63) is 0 Å². The van der Waals surface area contributed by atoms with Crippen LogP contribution in [0.4, 0.5) is 0 Å². The Balaban J connectivity index is -0.0000000800. The fourth-order valence-electron chi connectivity index (χ4n) is 0. The summed E-state index contributed by atoms with van der Waals surface area (Å²) in [7, 11) is -5.17. The summed E-state index contributed by atoms with van der Waals surface area (Å²) in [5, 5.41) is 0. The smallest absolute Gasteiger partial charge is 0.759 e. The zero-order chi connectivity index (χ0) is 4.50. The van der Waals surface area contributed by atoms with Crippen LogP contribution in [0.2, 0.25) is 0 Å². The molecule has 0 atom stereocenters. The molecule has 0 heterocycles. The Morgan fingerprint density at radius 1 is 1.14 bits per heavy atom. The minimum Gasteiger partial charge on any atom is -0.759 e. The van der Waals surface area contributed by atoms with Gasteiger partial charge in [0.05, 0.1) is 0 Å². The van der Waals surface area contributed by atoms with Crippen LogP contribution in [0.15, 0.2) is 0 Å². The summed E-state index contributed by atoms with van der Waals surface area (Å²) in [6.45, 7) is 0. The van der Waals surface area contributed by atoms with E-state index in [9.17, 15) is 0 Å². The van der Waals surface area contributed by atoms with Crippen molar-refractivity contribution in [2.24, 2.45) is 0 Å². The van der Waals surface area contributed by atoms with Crippen LogP contribution in [-0.2, 0) is 10.4 Å². The van der Waals surface area contributed by atoms with E-state index >= 15 is 0 Å². The predicted octanol–water partition coefficient (Wildman–Crippen LogP) is -2.10. The molecule has 0 radical (unpaired) electrons. The molecule has 32 valence electrons. The molecule has 0 aliphatic carbocycles. The second-order valence-corrected chi connectivity index (χ2v) is 1.22. The molecule has 0 saturated heterocycles. The summed E-state index contributed by atoms with van der Waals surface area (Å²) < 4.78 is 34.1. The molecule has 0 aliphatic rings. The molecule has 0 unspecified atom stereocenters. The van der Waals surface area contributed by atoms with E-state index in [0.29, 0.717) is 0 Å². The molecule has 0 bridgehead atoms. The molecule has 7 heavy (non-hydrogen) atoms. The first-order chi connectivity index (χ1) is 2.00. The third-order valence-corrected chi connectivity index (χ3v) is 0. The average molecular weight is 260 g/mol. The van der Waals surface area contributed by atoms with E-state index in [1.54, 1.807) is 0 Å². The maximum atomic E-state index is 8.52. The third-order valence-electron chi connectivity index (χ3n) is 0.